The van der Waals surface area contributed by atoms with E-state index in [1.54, 1.807) is 24.3 Å². The van der Waals surface area contributed by atoms with Crippen molar-refractivity contribution >= 4 is 24.1 Å². The first-order chi connectivity index (χ1) is 7.25. The summed E-state index contributed by atoms with van der Waals surface area (Å²) in [5.41, 5.74) is 0.529. The Morgan fingerprint density at radius 2 is 2.13 bits per heavy atom. The number of hydrogen-bond acceptors (Lipinski definition) is 4. The van der Waals surface area contributed by atoms with Crippen LogP contribution in [0, 0.1) is 4.84 Å². The van der Waals surface area contributed by atoms with Crippen molar-refractivity contribution in [1.29, 1.82) is 0 Å². The van der Waals surface area contributed by atoms with E-state index in [0.717, 1.165) is 0 Å². The summed E-state index contributed by atoms with van der Waals surface area (Å²) in [5.74, 6) is -0.291. The number of amides is 1. The van der Waals surface area contributed by atoms with Crippen molar-refractivity contribution in [2.24, 2.45) is 0 Å². The lowest BCUT2D eigenvalue weighted by Crippen LogP contribution is -2.11. The van der Waals surface area contributed by atoms with E-state index in [0.29, 0.717) is 5.56 Å². The molecule has 15 heavy (non-hydrogen) atoms. The van der Waals surface area contributed by atoms with Crippen molar-refractivity contribution in [1.82, 2.24) is 10.2 Å². The van der Waals surface area contributed by atoms with Crippen LogP contribution in [0.4, 0.5) is 6.01 Å². The van der Waals surface area contributed by atoms with Gasteiger partial charge < -0.3 is 4.42 Å². The summed E-state index contributed by atoms with van der Waals surface area (Å²) in [6.45, 7) is 0. The average Bonchev–Trinajstić information content (AvgIpc) is 2.65. The van der Waals surface area contributed by atoms with Gasteiger partial charge in [0.1, 0.15) is 0 Å². The lowest BCUT2D eigenvalue weighted by molar-refractivity contribution is 0.102. The van der Waals surface area contributed by atoms with Crippen LogP contribution in [-0.4, -0.2) is 16.1 Å². The highest BCUT2D eigenvalue weighted by Gasteiger charge is 2.07. The molecule has 0 radical (unpaired) electrons. The van der Waals surface area contributed by atoms with E-state index in [-0.39, 0.29) is 16.8 Å². The Bertz CT molecular complexity index is 517. The molecule has 1 aromatic carbocycles. The molecule has 2 rings (SSSR count). The van der Waals surface area contributed by atoms with Gasteiger partial charge in [0.05, 0.1) is 0 Å². The molecular weight excluding hydrogens is 214 g/mol. The highest BCUT2D eigenvalue weighted by molar-refractivity contribution is 7.71. The van der Waals surface area contributed by atoms with Gasteiger partial charge >= 0.3 is 6.01 Å². The van der Waals surface area contributed by atoms with Gasteiger partial charge in [-0.3, -0.25) is 10.1 Å². The van der Waals surface area contributed by atoms with Gasteiger partial charge in [-0.1, -0.05) is 18.2 Å². The van der Waals surface area contributed by atoms with Crippen molar-refractivity contribution in [3.63, 3.8) is 0 Å². The summed E-state index contributed by atoms with van der Waals surface area (Å²) in [5, 5.41) is 8.53. The maximum atomic E-state index is 11.6. The number of aromatic nitrogens is 2. The summed E-state index contributed by atoms with van der Waals surface area (Å²) in [7, 11) is 0. The molecule has 0 bridgehead atoms. The molecule has 1 amide bonds. The van der Waals surface area contributed by atoms with Crippen LogP contribution in [-0.2, 0) is 0 Å². The molecule has 2 N–H and O–H groups in total. The largest absolute Gasteiger partial charge is 0.396 e. The molecule has 1 aromatic heterocycles. The van der Waals surface area contributed by atoms with Crippen molar-refractivity contribution < 1.29 is 9.21 Å². The number of anilines is 1. The second kappa shape index (κ2) is 4.05. The molecular formula is C9H7N3O2S. The molecule has 0 saturated carbocycles. The number of carbonyl (C=O) groups is 1. The number of H-pyrrole nitrogens is 1. The van der Waals surface area contributed by atoms with Crippen molar-refractivity contribution in [2.75, 3.05) is 5.32 Å². The molecule has 0 unspecified atom stereocenters. The molecule has 0 aliphatic carbocycles. The minimum absolute atomic E-state index is 0.0638. The smallest absolute Gasteiger partial charge is 0.321 e. The summed E-state index contributed by atoms with van der Waals surface area (Å²) < 4.78 is 4.89. The zero-order valence-electron chi connectivity index (χ0n) is 7.56. The maximum Gasteiger partial charge on any atom is 0.321 e. The van der Waals surface area contributed by atoms with Crippen LogP contribution in [0.3, 0.4) is 0 Å². The Morgan fingerprint density at radius 1 is 1.40 bits per heavy atom. The molecule has 0 aliphatic heterocycles. The number of carbonyl (C=O) groups excluding carboxylic acids is 1. The van der Waals surface area contributed by atoms with Crippen LogP contribution in [0.25, 0.3) is 0 Å². The van der Waals surface area contributed by atoms with Gasteiger partial charge in [-0.15, -0.1) is 5.10 Å². The molecule has 1 heterocycles. The monoisotopic (exact) mass is 221 g/mol. The number of nitrogens with zero attached hydrogens (tertiary/aromatic N) is 1. The van der Waals surface area contributed by atoms with Crippen LogP contribution in [0.1, 0.15) is 10.4 Å². The van der Waals surface area contributed by atoms with Gasteiger partial charge in [-0.25, -0.2) is 5.10 Å². The SMILES string of the molecule is O=C(Nc1n[nH]c(=S)o1)c1ccccc1. The standard InChI is InChI=1S/C9H7N3O2S/c13-7(6-4-2-1-3-5-6)10-8-11-12-9(15)14-8/h1-5H,(H,12,15)(H,10,11,13). The number of aromatic amines is 1. The van der Waals surface area contributed by atoms with Gasteiger partial charge in [0, 0.05) is 5.56 Å². The summed E-state index contributed by atoms with van der Waals surface area (Å²) in [4.78, 5) is 11.7. The van der Waals surface area contributed by atoms with E-state index in [1.807, 2.05) is 6.07 Å². The molecule has 0 atom stereocenters. The quantitative estimate of drug-likeness (QED) is 0.761. The molecule has 76 valence electrons. The Hall–Kier alpha value is -1.95. The van der Waals surface area contributed by atoms with Crippen molar-refractivity contribution in [3.05, 3.63) is 40.7 Å². The van der Waals surface area contributed by atoms with Gasteiger partial charge in [0.2, 0.25) is 0 Å². The van der Waals surface area contributed by atoms with Crippen molar-refractivity contribution in [2.45, 2.75) is 0 Å². The topological polar surface area (TPSA) is 70.9 Å². The van der Waals surface area contributed by atoms with Crippen molar-refractivity contribution in [3.8, 4) is 0 Å². The van der Waals surface area contributed by atoms with E-state index in [1.165, 1.54) is 0 Å². The van der Waals surface area contributed by atoms with E-state index >= 15 is 0 Å². The van der Waals surface area contributed by atoms with Gasteiger partial charge in [0.25, 0.3) is 10.7 Å². The molecule has 0 spiro atoms. The number of rotatable bonds is 2. The van der Waals surface area contributed by atoms with Crippen LogP contribution < -0.4 is 5.32 Å². The van der Waals surface area contributed by atoms with Gasteiger partial charge in [-0.2, -0.15) is 0 Å². The minimum atomic E-state index is -0.291. The Kier molecular flexibility index (Phi) is 2.59. The Labute approximate surface area is 90.1 Å². The zero-order valence-corrected chi connectivity index (χ0v) is 8.38. The molecule has 0 fully saturated rings. The Balaban J connectivity index is 2.14. The predicted octanol–water partition coefficient (Wildman–Crippen LogP) is 1.98. The summed E-state index contributed by atoms with van der Waals surface area (Å²) >= 11 is 4.67. The fourth-order valence-electron chi connectivity index (χ4n) is 1.04. The molecule has 6 heteroatoms. The number of benzene rings is 1. The number of nitrogens with one attached hydrogen (secondary N) is 2. The lowest BCUT2D eigenvalue weighted by atomic mass is 10.2. The molecule has 0 saturated heterocycles. The predicted molar refractivity (Wildman–Crippen MR) is 56.1 cm³/mol. The number of hydrogen-bond donors (Lipinski definition) is 2. The van der Waals surface area contributed by atoms with E-state index in [2.05, 4.69) is 27.7 Å². The Morgan fingerprint density at radius 3 is 2.73 bits per heavy atom. The molecule has 0 aliphatic rings. The third-order valence-corrected chi connectivity index (χ3v) is 1.87. The fourth-order valence-corrected chi connectivity index (χ4v) is 1.17. The van der Waals surface area contributed by atoms with Crippen LogP contribution in [0.15, 0.2) is 34.7 Å². The average molecular weight is 221 g/mol. The van der Waals surface area contributed by atoms with Gasteiger partial charge in [-0.05, 0) is 24.4 Å². The first-order valence-electron chi connectivity index (χ1n) is 4.17. The summed E-state index contributed by atoms with van der Waals surface area (Å²) in [6.07, 6.45) is 0. The van der Waals surface area contributed by atoms with Crippen LogP contribution in [0.5, 0.6) is 0 Å². The fraction of sp³-hybridized carbons (Fsp3) is 0. The molecule has 5 nitrogen and oxygen atoms in total. The first-order valence-corrected chi connectivity index (χ1v) is 4.58. The van der Waals surface area contributed by atoms with E-state index < -0.39 is 0 Å². The van der Waals surface area contributed by atoms with E-state index in [4.69, 9.17) is 4.42 Å². The van der Waals surface area contributed by atoms with Crippen LogP contribution >= 0.6 is 12.2 Å². The molecule has 2 aromatic rings. The summed E-state index contributed by atoms with van der Waals surface area (Å²) in [6, 6.07) is 8.82. The minimum Gasteiger partial charge on any atom is -0.396 e. The van der Waals surface area contributed by atoms with E-state index in [9.17, 15) is 4.79 Å². The maximum absolute atomic E-state index is 11.6. The van der Waals surface area contributed by atoms with Crippen LogP contribution in [0.2, 0.25) is 0 Å². The van der Waals surface area contributed by atoms with Gasteiger partial charge in [0.15, 0.2) is 0 Å². The zero-order chi connectivity index (χ0) is 10.7. The first kappa shape index (κ1) is 9.60. The third-order valence-electron chi connectivity index (χ3n) is 1.69. The second-order valence-corrected chi connectivity index (χ2v) is 3.11. The highest BCUT2D eigenvalue weighted by Crippen LogP contribution is 2.05. The normalized spacial score (nSPS) is 9.87. The lowest BCUT2D eigenvalue weighted by Gasteiger charge is -1.98. The second-order valence-electron chi connectivity index (χ2n) is 2.74. The third kappa shape index (κ3) is 2.29. The highest BCUT2D eigenvalue weighted by atomic mass is 32.1.